The number of ether oxygens (including phenoxy) is 1. The molecule has 330 valence electrons. The Labute approximate surface area is 361 Å². The molecule has 1 aliphatic carbocycles. The summed E-state index contributed by atoms with van der Waals surface area (Å²) in [6.07, 6.45) is 11.1. The molecule has 2 N–H and O–H groups in total. The summed E-state index contributed by atoms with van der Waals surface area (Å²) in [4.78, 5) is 60.7. The van der Waals surface area contributed by atoms with Gasteiger partial charge >= 0.3 is 5.69 Å². The van der Waals surface area contributed by atoms with E-state index in [2.05, 4.69) is 42.5 Å². The van der Waals surface area contributed by atoms with E-state index in [4.69, 9.17) is 9.72 Å². The molecule has 16 nitrogen and oxygen atoms in total. The number of halogens is 2. The number of carbonyl (C=O) groups excluding carboxylic acids is 3. The van der Waals surface area contributed by atoms with Crippen molar-refractivity contribution in [3.8, 4) is 11.8 Å². The zero-order valence-electron chi connectivity index (χ0n) is 35.2. The normalized spacial score (nSPS) is 24.6. The van der Waals surface area contributed by atoms with Crippen LogP contribution in [-0.2, 0) is 21.4 Å². The number of anilines is 2. The summed E-state index contributed by atoms with van der Waals surface area (Å²) in [5.41, 5.74) is 1.84. The van der Waals surface area contributed by atoms with E-state index in [1.807, 2.05) is 24.3 Å². The number of rotatable bonds is 9. The van der Waals surface area contributed by atoms with E-state index in [0.29, 0.717) is 28.5 Å². The lowest BCUT2D eigenvalue weighted by molar-refractivity contribution is -0.135. The molecule has 4 saturated heterocycles. The van der Waals surface area contributed by atoms with E-state index >= 15 is 0 Å². The number of aryl methyl sites for hydroxylation is 1. The van der Waals surface area contributed by atoms with Gasteiger partial charge in [0.1, 0.15) is 17.4 Å². The number of hydrogen-bond donors (Lipinski definition) is 2. The van der Waals surface area contributed by atoms with Gasteiger partial charge in [-0.1, -0.05) is 17.9 Å². The van der Waals surface area contributed by atoms with Gasteiger partial charge in [0.2, 0.25) is 11.8 Å². The third-order valence-corrected chi connectivity index (χ3v) is 13.8. The number of piperidine rings is 2. The lowest BCUT2D eigenvalue weighted by Gasteiger charge is -2.36. The van der Waals surface area contributed by atoms with Gasteiger partial charge in [-0.05, 0) is 101 Å². The molecule has 3 amide bonds. The summed E-state index contributed by atoms with van der Waals surface area (Å²) >= 11 is 0. The number of aromatic nitrogens is 7. The van der Waals surface area contributed by atoms with Gasteiger partial charge in [-0.15, -0.1) is 0 Å². The maximum Gasteiger partial charge on any atom is 0.329 e. The number of likely N-dealkylation sites (tertiary alicyclic amines) is 1. The van der Waals surface area contributed by atoms with Gasteiger partial charge in [-0.3, -0.25) is 33.5 Å². The number of imide groups is 1. The number of benzene rings is 1. The second kappa shape index (κ2) is 17.0. The van der Waals surface area contributed by atoms with Gasteiger partial charge < -0.3 is 19.9 Å². The van der Waals surface area contributed by atoms with Crippen molar-refractivity contribution in [2.45, 2.75) is 101 Å². The van der Waals surface area contributed by atoms with Crippen molar-refractivity contribution in [3.05, 3.63) is 70.2 Å². The number of fused-ring (bicyclic) bond motifs is 4. The number of carbonyl (C=O) groups is 3. The Morgan fingerprint density at radius 1 is 0.984 bits per heavy atom. The molecular formula is C45H51F2N11O5. The maximum absolute atomic E-state index is 14.3. The minimum atomic E-state index is -2.86. The van der Waals surface area contributed by atoms with Crippen LogP contribution in [0.25, 0.3) is 16.7 Å². The zero-order valence-corrected chi connectivity index (χ0v) is 35.2. The fourth-order valence-corrected chi connectivity index (χ4v) is 10.4. The van der Waals surface area contributed by atoms with Crippen LogP contribution < -0.4 is 21.2 Å². The topological polar surface area (TPSA) is 166 Å². The highest BCUT2D eigenvalue weighted by Crippen LogP contribution is 2.36. The summed E-state index contributed by atoms with van der Waals surface area (Å²) < 4.78 is 40.8. The molecule has 5 aromatic rings. The van der Waals surface area contributed by atoms with Crippen molar-refractivity contribution in [2.75, 3.05) is 42.9 Å². The average molecular weight is 864 g/mol. The van der Waals surface area contributed by atoms with E-state index in [-0.39, 0.29) is 53.9 Å². The monoisotopic (exact) mass is 863 g/mol. The number of nitrogens with one attached hydrogen (secondary N) is 2. The first kappa shape index (κ1) is 41.1. The maximum atomic E-state index is 14.3. The summed E-state index contributed by atoms with van der Waals surface area (Å²) in [6.45, 7) is 4.43. The van der Waals surface area contributed by atoms with Crippen LogP contribution in [0.1, 0.15) is 111 Å². The van der Waals surface area contributed by atoms with Crippen molar-refractivity contribution in [1.82, 2.24) is 43.7 Å². The van der Waals surface area contributed by atoms with Gasteiger partial charge in [0.25, 0.3) is 12.3 Å². The lowest BCUT2D eigenvalue weighted by Crippen LogP contribution is -2.44. The highest BCUT2D eigenvalue weighted by Gasteiger charge is 2.35. The highest BCUT2D eigenvalue weighted by atomic mass is 19.3. The summed E-state index contributed by atoms with van der Waals surface area (Å²) in [7, 11) is 1.69. The molecule has 2 bridgehead atoms. The predicted molar refractivity (Wildman–Crippen MR) is 228 cm³/mol. The molecule has 4 aromatic heterocycles. The number of hydrogen-bond acceptors (Lipinski definition) is 10. The molecule has 5 aliphatic rings. The summed E-state index contributed by atoms with van der Waals surface area (Å²) in [6, 6.07) is 6.65. The summed E-state index contributed by atoms with van der Waals surface area (Å²) in [5.74, 6) is 7.03. The fraction of sp³-hybridized carbons (Fsp3) is 0.533. The molecule has 4 aliphatic heterocycles. The van der Waals surface area contributed by atoms with Gasteiger partial charge in [-0.2, -0.15) is 10.2 Å². The van der Waals surface area contributed by atoms with Crippen molar-refractivity contribution < 1.29 is 27.9 Å². The van der Waals surface area contributed by atoms with Crippen LogP contribution in [0, 0.1) is 23.7 Å². The van der Waals surface area contributed by atoms with E-state index in [0.717, 1.165) is 102 Å². The molecule has 0 spiro atoms. The Bertz CT molecular complexity index is 2680. The Morgan fingerprint density at radius 2 is 1.76 bits per heavy atom. The third-order valence-electron chi connectivity index (χ3n) is 13.8. The van der Waals surface area contributed by atoms with Crippen molar-refractivity contribution >= 4 is 45.9 Å². The SMILES string of the molecule is Cn1c(=O)n(C2CCC(=O)NC2=O)c2cccc(C#CCC3CCN(C[C@H]4CC[C@H](n5cc(NC(=O)c6cnn7ccc(N8C[C@H]9CC[C@@H](C8)O9)nc67)c(C(F)F)n5)CC4)CC3)c21. The molecule has 1 saturated carbocycles. The first-order valence-corrected chi connectivity index (χ1v) is 22.2. The van der Waals surface area contributed by atoms with E-state index in [1.54, 1.807) is 24.1 Å². The number of nitrogens with zero attached hydrogens (tertiary/aromatic N) is 9. The van der Waals surface area contributed by atoms with Crippen LogP contribution in [-0.4, -0.2) is 101 Å². The standard InChI is InChI=1S/C45H51F2N11O5/c1-53-40-29(6-3-7-35(40)58(45(53)62)36-14-15-38(59)51-44(36)61)5-2-4-27-16-19-54(20-17-27)23-28-8-10-30(11-9-28)57-26-34(39(52-57)41(46)47)49-43(60)33-22-48-56-21-18-37(50-42(33)56)55-24-31-12-13-32(25-55)63-31/h3,6-7,18,21-22,26-28,30-32,36,41H,4,8-17,19-20,23-25H2,1H3,(H,49,60)(H,51,59,61)/t28-,30-,31-,32+,36?. The van der Waals surface area contributed by atoms with E-state index < -0.39 is 30.0 Å². The van der Waals surface area contributed by atoms with Crippen LogP contribution >= 0.6 is 0 Å². The molecule has 1 aromatic carbocycles. The molecule has 18 heteroatoms. The Balaban J connectivity index is 0.717. The number of amides is 3. The Kier molecular flexibility index (Phi) is 11.1. The second-order valence-corrected chi connectivity index (χ2v) is 17.9. The van der Waals surface area contributed by atoms with Gasteiger partial charge in [0, 0.05) is 51.9 Å². The van der Waals surface area contributed by atoms with Crippen LogP contribution in [0.2, 0.25) is 0 Å². The molecule has 63 heavy (non-hydrogen) atoms. The number of morpholine rings is 1. The largest absolute Gasteiger partial charge is 0.371 e. The minimum Gasteiger partial charge on any atom is -0.371 e. The van der Waals surface area contributed by atoms with Gasteiger partial charge in [0.05, 0.1) is 46.7 Å². The number of alkyl halides is 2. The first-order chi connectivity index (χ1) is 30.6. The molecular weight excluding hydrogens is 813 g/mol. The highest BCUT2D eigenvalue weighted by molar-refractivity contribution is 6.08. The molecule has 1 unspecified atom stereocenters. The van der Waals surface area contributed by atoms with Crippen LogP contribution in [0.5, 0.6) is 0 Å². The first-order valence-electron chi connectivity index (χ1n) is 22.2. The Morgan fingerprint density at radius 3 is 2.51 bits per heavy atom. The minimum absolute atomic E-state index is 0.00326. The second-order valence-electron chi connectivity index (χ2n) is 17.9. The van der Waals surface area contributed by atoms with Crippen molar-refractivity contribution in [2.24, 2.45) is 18.9 Å². The van der Waals surface area contributed by atoms with Crippen molar-refractivity contribution in [1.29, 1.82) is 0 Å². The zero-order chi connectivity index (χ0) is 43.4. The molecule has 5 fully saturated rings. The smallest absolute Gasteiger partial charge is 0.329 e. The average Bonchev–Trinajstić information content (AvgIpc) is 4.05. The number of para-hydroxylation sites is 1. The molecule has 8 heterocycles. The van der Waals surface area contributed by atoms with Crippen LogP contribution in [0.3, 0.4) is 0 Å². The van der Waals surface area contributed by atoms with Crippen LogP contribution in [0.15, 0.2) is 47.7 Å². The molecule has 10 rings (SSSR count). The fourth-order valence-electron chi connectivity index (χ4n) is 10.4. The molecule has 0 radical (unpaired) electrons. The predicted octanol–water partition coefficient (Wildman–Crippen LogP) is 5.00. The Hall–Kier alpha value is -5.93. The van der Waals surface area contributed by atoms with E-state index in [1.165, 1.54) is 19.8 Å². The third kappa shape index (κ3) is 8.12. The lowest BCUT2D eigenvalue weighted by atomic mass is 9.85. The van der Waals surface area contributed by atoms with Crippen molar-refractivity contribution in [3.63, 3.8) is 0 Å². The summed E-state index contributed by atoms with van der Waals surface area (Å²) in [5, 5.41) is 13.7. The van der Waals surface area contributed by atoms with Gasteiger partial charge in [0.15, 0.2) is 11.3 Å². The number of imidazole rings is 1. The van der Waals surface area contributed by atoms with Crippen LogP contribution in [0.4, 0.5) is 20.3 Å². The quantitative estimate of drug-likeness (QED) is 0.152. The van der Waals surface area contributed by atoms with Gasteiger partial charge in [-0.25, -0.2) is 23.1 Å². The molecule has 3 atom stereocenters. The van der Waals surface area contributed by atoms with E-state index in [9.17, 15) is 28.0 Å².